The molecule has 1 aromatic heterocycles. The second-order valence-corrected chi connectivity index (χ2v) is 3.96. The number of nitrogens with one attached hydrogen (secondary N) is 2. The molecule has 1 fully saturated rings. The lowest BCUT2D eigenvalue weighted by Crippen LogP contribution is -2.51. The second kappa shape index (κ2) is 3.54. The van der Waals surface area contributed by atoms with Crippen molar-refractivity contribution in [3.05, 3.63) is 16.7 Å². The van der Waals surface area contributed by atoms with Gasteiger partial charge >= 0.3 is 0 Å². The van der Waals surface area contributed by atoms with Crippen molar-refractivity contribution in [3.63, 3.8) is 0 Å². The van der Waals surface area contributed by atoms with E-state index in [4.69, 9.17) is 11.5 Å². The Morgan fingerprint density at radius 3 is 2.87 bits per heavy atom. The normalized spacial score (nSPS) is 18.2. The summed E-state index contributed by atoms with van der Waals surface area (Å²) in [5.41, 5.74) is 11.0. The maximum Gasteiger partial charge on any atom is 0.276 e. The highest BCUT2D eigenvalue weighted by Crippen LogP contribution is 2.34. The SMILES string of the molecule is NCC1(Nc2nc[nH]c(=O)c2N)CCC1. The molecule has 6 N–H and O–H groups in total. The standard InChI is InChI=1S/C9H15N5O/c10-4-9(2-1-3-9)14-7-6(11)8(15)13-5-12-7/h5H,1-4,10-11H2,(H2,12,13,14,15). The number of nitrogens with two attached hydrogens (primary N) is 2. The van der Waals surface area contributed by atoms with Crippen molar-refractivity contribution < 1.29 is 0 Å². The molecular formula is C9H15N5O. The van der Waals surface area contributed by atoms with Gasteiger partial charge in [0.25, 0.3) is 5.56 Å². The minimum absolute atomic E-state index is 0.116. The summed E-state index contributed by atoms with van der Waals surface area (Å²) in [5, 5.41) is 3.17. The number of rotatable bonds is 3. The van der Waals surface area contributed by atoms with Crippen LogP contribution in [0.2, 0.25) is 0 Å². The predicted molar refractivity (Wildman–Crippen MR) is 58.5 cm³/mol. The summed E-state index contributed by atoms with van der Waals surface area (Å²) in [7, 11) is 0. The molecule has 0 aliphatic heterocycles. The van der Waals surface area contributed by atoms with Crippen LogP contribution in [-0.4, -0.2) is 22.1 Å². The third-order valence-electron chi connectivity index (χ3n) is 2.97. The van der Waals surface area contributed by atoms with Crippen molar-refractivity contribution in [2.75, 3.05) is 17.6 Å². The molecule has 1 heterocycles. The van der Waals surface area contributed by atoms with Crippen LogP contribution in [0.3, 0.4) is 0 Å². The third kappa shape index (κ3) is 1.68. The van der Waals surface area contributed by atoms with Crippen LogP contribution in [-0.2, 0) is 0 Å². The fourth-order valence-electron chi connectivity index (χ4n) is 1.74. The Balaban J connectivity index is 2.24. The third-order valence-corrected chi connectivity index (χ3v) is 2.97. The summed E-state index contributed by atoms with van der Waals surface area (Å²) in [5.74, 6) is 0.434. The summed E-state index contributed by atoms with van der Waals surface area (Å²) >= 11 is 0. The van der Waals surface area contributed by atoms with Gasteiger partial charge in [-0.2, -0.15) is 0 Å². The van der Waals surface area contributed by atoms with Crippen molar-refractivity contribution in [1.29, 1.82) is 0 Å². The second-order valence-electron chi connectivity index (χ2n) is 3.96. The molecule has 0 saturated heterocycles. The van der Waals surface area contributed by atoms with E-state index >= 15 is 0 Å². The molecule has 6 heteroatoms. The molecule has 1 saturated carbocycles. The first-order valence-corrected chi connectivity index (χ1v) is 4.98. The molecular weight excluding hydrogens is 194 g/mol. The van der Waals surface area contributed by atoms with Gasteiger partial charge in [-0.25, -0.2) is 4.98 Å². The van der Waals surface area contributed by atoms with E-state index in [-0.39, 0.29) is 16.8 Å². The Labute approximate surface area is 87.1 Å². The van der Waals surface area contributed by atoms with Gasteiger partial charge in [-0.3, -0.25) is 4.79 Å². The molecule has 6 nitrogen and oxygen atoms in total. The summed E-state index contributed by atoms with van der Waals surface area (Å²) in [6.07, 6.45) is 4.48. The minimum atomic E-state index is -0.320. The summed E-state index contributed by atoms with van der Waals surface area (Å²) in [4.78, 5) is 17.7. The molecule has 0 bridgehead atoms. The van der Waals surface area contributed by atoms with Gasteiger partial charge in [-0.15, -0.1) is 0 Å². The van der Waals surface area contributed by atoms with Gasteiger partial charge in [0.05, 0.1) is 11.9 Å². The largest absolute Gasteiger partial charge is 0.391 e. The predicted octanol–water partition coefficient (Wildman–Crippen LogP) is -0.355. The monoisotopic (exact) mass is 209 g/mol. The van der Waals surface area contributed by atoms with Crippen molar-refractivity contribution in [3.8, 4) is 0 Å². The molecule has 0 atom stereocenters. The van der Waals surface area contributed by atoms with E-state index in [1.807, 2.05) is 0 Å². The van der Waals surface area contributed by atoms with E-state index in [0.717, 1.165) is 19.3 Å². The van der Waals surface area contributed by atoms with E-state index in [9.17, 15) is 4.79 Å². The molecule has 1 aliphatic rings. The number of aromatic amines is 1. The van der Waals surface area contributed by atoms with Crippen LogP contribution in [0.4, 0.5) is 11.5 Å². The van der Waals surface area contributed by atoms with Crippen molar-refractivity contribution in [2.24, 2.45) is 5.73 Å². The minimum Gasteiger partial charge on any atom is -0.391 e. The van der Waals surface area contributed by atoms with Gasteiger partial charge in [-0.1, -0.05) is 0 Å². The average molecular weight is 209 g/mol. The van der Waals surface area contributed by atoms with E-state index in [2.05, 4.69) is 15.3 Å². The lowest BCUT2D eigenvalue weighted by molar-refractivity contribution is 0.286. The summed E-state index contributed by atoms with van der Waals surface area (Å²) in [6.45, 7) is 0.529. The average Bonchev–Trinajstić information content (AvgIpc) is 2.18. The zero-order valence-electron chi connectivity index (χ0n) is 8.42. The highest BCUT2D eigenvalue weighted by molar-refractivity contribution is 5.60. The van der Waals surface area contributed by atoms with Gasteiger partial charge in [-0.05, 0) is 19.3 Å². The molecule has 1 aromatic rings. The highest BCUT2D eigenvalue weighted by atomic mass is 16.1. The van der Waals surface area contributed by atoms with Crippen molar-refractivity contribution in [2.45, 2.75) is 24.8 Å². The molecule has 1 aliphatic carbocycles. The fraction of sp³-hybridized carbons (Fsp3) is 0.556. The van der Waals surface area contributed by atoms with Gasteiger partial charge in [0.2, 0.25) is 0 Å². The molecule has 0 aromatic carbocycles. The zero-order valence-corrected chi connectivity index (χ0v) is 8.42. The number of nitrogens with zero attached hydrogens (tertiary/aromatic N) is 1. The Morgan fingerprint density at radius 2 is 2.33 bits per heavy atom. The molecule has 0 amide bonds. The van der Waals surface area contributed by atoms with E-state index in [0.29, 0.717) is 12.4 Å². The first-order chi connectivity index (χ1) is 7.17. The van der Waals surface area contributed by atoms with Crippen LogP contribution < -0.4 is 22.3 Å². The highest BCUT2D eigenvalue weighted by Gasteiger charge is 2.36. The fourth-order valence-corrected chi connectivity index (χ4v) is 1.74. The smallest absolute Gasteiger partial charge is 0.276 e. The van der Waals surface area contributed by atoms with E-state index < -0.39 is 0 Å². The van der Waals surface area contributed by atoms with Crippen molar-refractivity contribution in [1.82, 2.24) is 9.97 Å². The van der Waals surface area contributed by atoms with Gasteiger partial charge in [0.1, 0.15) is 5.69 Å². The van der Waals surface area contributed by atoms with Crippen LogP contribution >= 0.6 is 0 Å². The summed E-state index contributed by atoms with van der Waals surface area (Å²) in [6, 6.07) is 0. The topological polar surface area (TPSA) is 110 Å². The molecule has 0 spiro atoms. The van der Waals surface area contributed by atoms with Gasteiger partial charge in [0, 0.05) is 6.54 Å². The number of hydrogen-bond donors (Lipinski definition) is 4. The van der Waals surface area contributed by atoms with Crippen molar-refractivity contribution >= 4 is 11.5 Å². The number of nitrogen functional groups attached to an aromatic ring is 1. The molecule has 2 rings (SSSR count). The zero-order chi connectivity index (χ0) is 10.9. The quantitative estimate of drug-likeness (QED) is 0.543. The lowest BCUT2D eigenvalue weighted by Gasteiger charge is -2.42. The Bertz CT molecular complexity index is 404. The molecule has 0 unspecified atom stereocenters. The van der Waals surface area contributed by atoms with Crippen LogP contribution in [0.5, 0.6) is 0 Å². The van der Waals surface area contributed by atoms with E-state index in [1.54, 1.807) is 0 Å². The van der Waals surface area contributed by atoms with Gasteiger partial charge in [0.15, 0.2) is 5.82 Å². The number of H-pyrrole nitrogens is 1. The van der Waals surface area contributed by atoms with Crippen LogP contribution in [0.15, 0.2) is 11.1 Å². The maximum absolute atomic E-state index is 11.2. The maximum atomic E-state index is 11.2. The first-order valence-electron chi connectivity index (χ1n) is 4.98. The van der Waals surface area contributed by atoms with Crippen LogP contribution in [0.25, 0.3) is 0 Å². The van der Waals surface area contributed by atoms with E-state index in [1.165, 1.54) is 6.33 Å². The first kappa shape index (κ1) is 9.97. The van der Waals surface area contributed by atoms with Crippen LogP contribution in [0.1, 0.15) is 19.3 Å². The number of anilines is 2. The number of aromatic nitrogens is 2. The Kier molecular flexibility index (Phi) is 2.36. The molecule has 0 radical (unpaired) electrons. The van der Waals surface area contributed by atoms with Crippen LogP contribution in [0, 0.1) is 0 Å². The van der Waals surface area contributed by atoms with Gasteiger partial charge < -0.3 is 21.8 Å². The molecule has 82 valence electrons. The lowest BCUT2D eigenvalue weighted by atomic mass is 9.77. The Morgan fingerprint density at radius 1 is 1.60 bits per heavy atom. The Hall–Kier alpha value is -1.56. The summed E-state index contributed by atoms with van der Waals surface area (Å²) < 4.78 is 0. The molecule has 15 heavy (non-hydrogen) atoms. The number of hydrogen-bond acceptors (Lipinski definition) is 5.